The summed E-state index contributed by atoms with van der Waals surface area (Å²) in [6, 6.07) is 3.44. The molecular weight excluding hydrogens is 228 g/mol. The third-order valence-corrected chi connectivity index (χ3v) is 2.55. The number of ether oxygens (including phenoxy) is 1. The maximum Gasteiger partial charge on any atom is 0.338 e. The highest BCUT2D eigenvalue weighted by atomic mass is 35.5. The number of alkyl halides is 1. The fraction of sp³-hybridized carbons (Fsp3) is 0.273. The summed E-state index contributed by atoms with van der Waals surface area (Å²) in [6.45, 7) is 2.13. The van der Waals surface area contributed by atoms with Crippen LogP contribution >= 0.6 is 11.6 Å². The first-order chi connectivity index (χ1) is 7.76. The lowest BCUT2D eigenvalue weighted by molar-refractivity contribution is 0.0526. The van der Waals surface area contributed by atoms with Crippen LogP contribution in [0.3, 0.4) is 0 Å². The normalized spacial score (nSPS) is 10.6. The van der Waals surface area contributed by atoms with E-state index in [4.69, 9.17) is 16.3 Å². The summed E-state index contributed by atoms with van der Waals surface area (Å²) in [6.07, 6.45) is 1.58. The molecule has 0 spiro atoms. The van der Waals surface area contributed by atoms with E-state index in [1.807, 2.05) is 0 Å². The molecule has 1 aromatic carbocycles. The fourth-order valence-electron chi connectivity index (χ4n) is 1.56. The number of imidazole rings is 1. The number of esters is 1. The quantitative estimate of drug-likeness (QED) is 0.660. The van der Waals surface area contributed by atoms with Gasteiger partial charge >= 0.3 is 5.97 Å². The number of fused-ring (bicyclic) bond motifs is 1. The first kappa shape index (κ1) is 11.0. The molecule has 0 aliphatic rings. The zero-order valence-electron chi connectivity index (χ0n) is 8.79. The second kappa shape index (κ2) is 4.53. The van der Waals surface area contributed by atoms with Gasteiger partial charge in [0.25, 0.3) is 0 Å². The minimum atomic E-state index is -0.342. The monoisotopic (exact) mass is 238 g/mol. The summed E-state index contributed by atoms with van der Waals surface area (Å²) < 4.78 is 4.94. The second-order valence-corrected chi connectivity index (χ2v) is 3.56. The Labute approximate surface area is 97.6 Å². The van der Waals surface area contributed by atoms with Gasteiger partial charge in [-0.15, -0.1) is 11.6 Å². The summed E-state index contributed by atoms with van der Waals surface area (Å²) in [5, 5.41) is 0. The summed E-state index contributed by atoms with van der Waals surface area (Å²) in [7, 11) is 0. The molecule has 2 rings (SSSR count). The Morgan fingerprint density at radius 2 is 2.38 bits per heavy atom. The van der Waals surface area contributed by atoms with Crippen molar-refractivity contribution in [3.8, 4) is 0 Å². The highest BCUT2D eigenvalue weighted by Crippen LogP contribution is 2.20. The lowest BCUT2D eigenvalue weighted by atomic mass is 10.1. The predicted molar refractivity (Wildman–Crippen MR) is 61.6 cm³/mol. The molecule has 0 radical (unpaired) electrons. The van der Waals surface area contributed by atoms with E-state index in [1.165, 1.54) is 0 Å². The molecule has 0 bridgehead atoms. The van der Waals surface area contributed by atoms with Gasteiger partial charge in [0.1, 0.15) is 0 Å². The highest BCUT2D eigenvalue weighted by molar-refractivity contribution is 6.18. The highest BCUT2D eigenvalue weighted by Gasteiger charge is 2.11. The largest absolute Gasteiger partial charge is 0.462 e. The summed E-state index contributed by atoms with van der Waals surface area (Å²) in [4.78, 5) is 18.7. The minimum absolute atomic E-state index is 0.314. The maximum atomic E-state index is 11.6. The van der Waals surface area contributed by atoms with Crippen LogP contribution in [0.1, 0.15) is 22.8 Å². The Morgan fingerprint density at radius 3 is 3.06 bits per heavy atom. The second-order valence-electron chi connectivity index (χ2n) is 3.29. The molecule has 5 heteroatoms. The molecular formula is C11H11ClN2O2. The van der Waals surface area contributed by atoms with Crippen molar-refractivity contribution >= 4 is 28.6 Å². The van der Waals surface area contributed by atoms with E-state index < -0.39 is 0 Å². The van der Waals surface area contributed by atoms with E-state index in [2.05, 4.69) is 9.97 Å². The number of H-pyrrole nitrogens is 1. The van der Waals surface area contributed by atoms with Gasteiger partial charge < -0.3 is 9.72 Å². The first-order valence-corrected chi connectivity index (χ1v) is 5.48. The van der Waals surface area contributed by atoms with Crippen LogP contribution in [-0.4, -0.2) is 22.5 Å². The van der Waals surface area contributed by atoms with Crippen LogP contribution in [0.25, 0.3) is 11.0 Å². The summed E-state index contributed by atoms with van der Waals surface area (Å²) in [5.74, 6) is -0.0282. The number of nitrogens with one attached hydrogen (secondary N) is 1. The van der Waals surface area contributed by atoms with Crippen LogP contribution in [0, 0.1) is 0 Å². The molecule has 84 valence electrons. The van der Waals surface area contributed by atoms with E-state index in [1.54, 1.807) is 25.4 Å². The van der Waals surface area contributed by atoms with Crippen LogP contribution in [0.2, 0.25) is 0 Å². The van der Waals surface area contributed by atoms with Crippen LogP contribution in [0.5, 0.6) is 0 Å². The Bertz CT molecular complexity index is 522. The number of carbonyl (C=O) groups is 1. The average molecular weight is 239 g/mol. The third-order valence-electron chi connectivity index (χ3n) is 2.26. The average Bonchev–Trinajstić information content (AvgIpc) is 2.75. The molecule has 4 nitrogen and oxygen atoms in total. The van der Waals surface area contributed by atoms with Crippen LogP contribution in [0.15, 0.2) is 18.5 Å². The van der Waals surface area contributed by atoms with E-state index in [0.29, 0.717) is 18.1 Å². The minimum Gasteiger partial charge on any atom is -0.462 e. The van der Waals surface area contributed by atoms with Gasteiger partial charge in [-0.3, -0.25) is 0 Å². The van der Waals surface area contributed by atoms with Crippen molar-refractivity contribution in [2.24, 2.45) is 0 Å². The SMILES string of the molecule is CCOC(=O)c1cc(CCl)c2nc[nH]c2c1. The number of hydrogen-bond acceptors (Lipinski definition) is 3. The Hall–Kier alpha value is -1.55. The summed E-state index contributed by atoms with van der Waals surface area (Å²) >= 11 is 5.81. The third kappa shape index (κ3) is 1.88. The van der Waals surface area contributed by atoms with E-state index in [9.17, 15) is 4.79 Å². The molecule has 0 saturated heterocycles. The van der Waals surface area contributed by atoms with E-state index in [-0.39, 0.29) is 5.97 Å². The number of nitrogens with zero attached hydrogens (tertiary/aromatic N) is 1. The molecule has 1 N–H and O–H groups in total. The first-order valence-electron chi connectivity index (χ1n) is 4.95. The lowest BCUT2D eigenvalue weighted by Crippen LogP contribution is -2.05. The van der Waals surface area contributed by atoms with E-state index in [0.717, 1.165) is 16.6 Å². The van der Waals surface area contributed by atoms with Gasteiger partial charge in [0.2, 0.25) is 0 Å². The van der Waals surface area contributed by atoms with Gasteiger partial charge in [-0.25, -0.2) is 9.78 Å². The Kier molecular flexibility index (Phi) is 3.10. The van der Waals surface area contributed by atoms with Crippen LogP contribution in [0.4, 0.5) is 0 Å². The molecule has 0 fully saturated rings. The smallest absolute Gasteiger partial charge is 0.338 e. The standard InChI is InChI=1S/C11H11ClN2O2/c1-2-16-11(15)7-3-8(5-12)10-9(4-7)13-6-14-10/h3-4,6H,2,5H2,1H3,(H,13,14). The Balaban J connectivity index is 2.51. The Morgan fingerprint density at radius 1 is 1.56 bits per heavy atom. The number of hydrogen-bond donors (Lipinski definition) is 1. The topological polar surface area (TPSA) is 55.0 Å². The number of benzene rings is 1. The zero-order valence-corrected chi connectivity index (χ0v) is 9.54. The number of aromatic amines is 1. The maximum absolute atomic E-state index is 11.6. The number of carbonyl (C=O) groups excluding carboxylic acids is 1. The van der Waals surface area contributed by atoms with Gasteiger partial charge in [-0.2, -0.15) is 0 Å². The molecule has 1 aromatic heterocycles. The molecule has 2 aromatic rings. The zero-order chi connectivity index (χ0) is 11.5. The van der Waals surface area contributed by atoms with Gasteiger partial charge in [-0.1, -0.05) is 0 Å². The van der Waals surface area contributed by atoms with Gasteiger partial charge in [0.05, 0.1) is 29.5 Å². The summed E-state index contributed by atoms with van der Waals surface area (Å²) in [5.41, 5.74) is 2.90. The molecule has 0 unspecified atom stereocenters. The lowest BCUT2D eigenvalue weighted by Gasteiger charge is -2.04. The van der Waals surface area contributed by atoms with Crippen molar-refractivity contribution in [3.63, 3.8) is 0 Å². The van der Waals surface area contributed by atoms with Gasteiger partial charge in [0.15, 0.2) is 0 Å². The van der Waals surface area contributed by atoms with E-state index >= 15 is 0 Å². The van der Waals surface area contributed by atoms with Crippen molar-refractivity contribution in [1.82, 2.24) is 9.97 Å². The molecule has 1 heterocycles. The molecule has 0 amide bonds. The van der Waals surface area contributed by atoms with Crippen molar-refractivity contribution in [2.45, 2.75) is 12.8 Å². The number of halogens is 1. The fourth-order valence-corrected chi connectivity index (χ4v) is 1.76. The number of rotatable bonds is 3. The van der Waals surface area contributed by atoms with Crippen LogP contribution in [-0.2, 0) is 10.6 Å². The van der Waals surface area contributed by atoms with Gasteiger partial charge in [0, 0.05) is 5.88 Å². The van der Waals surface area contributed by atoms with Crippen molar-refractivity contribution < 1.29 is 9.53 Å². The molecule has 0 aliphatic heterocycles. The number of aromatic nitrogens is 2. The molecule has 16 heavy (non-hydrogen) atoms. The van der Waals surface area contributed by atoms with Crippen LogP contribution < -0.4 is 0 Å². The van der Waals surface area contributed by atoms with Gasteiger partial charge in [-0.05, 0) is 24.6 Å². The van der Waals surface area contributed by atoms with Crippen molar-refractivity contribution in [2.75, 3.05) is 6.61 Å². The molecule has 0 aliphatic carbocycles. The predicted octanol–water partition coefficient (Wildman–Crippen LogP) is 2.48. The molecule has 0 saturated carbocycles. The molecule has 0 atom stereocenters. The van der Waals surface area contributed by atoms with Crippen molar-refractivity contribution in [3.05, 3.63) is 29.6 Å². The van der Waals surface area contributed by atoms with Crippen molar-refractivity contribution in [1.29, 1.82) is 0 Å².